The highest BCUT2D eigenvalue weighted by Gasteiger charge is 2.27. The van der Waals surface area contributed by atoms with Crippen LogP contribution in [0.2, 0.25) is 5.02 Å². The van der Waals surface area contributed by atoms with Crippen molar-refractivity contribution in [1.82, 2.24) is 0 Å². The molecule has 0 spiro atoms. The lowest BCUT2D eigenvalue weighted by molar-refractivity contribution is -0.112. The van der Waals surface area contributed by atoms with Crippen LogP contribution in [-0.2, 0) is 22.4 Å². The van der Waals surface area contributed by atoms with E-state index < -0.39 is 11.9 Å². The molecule has 5 nitrogen and oxygen atoms in total. The van der Waals surface area contributed by atoms with Gasteiger partial charge in [-0.05, 0) is 55.9 Å². The zero-order chi connectivity index (χ0) is 20.1. The molecule has 0 atom stereocenters. The number of anilines is 1. The topological polar surface area (TPSA) is 79.2 Å². The fourth-order valence-corrected chi connectivity index (χ4v) is 4.60. The summed E-state index contributed by atoms with van der Waals surface area (Å²) in [6.45, 7) is 2.00. The number of carbonyl (C=O) groups is 2. The lowest BCUT2D eigenvalue weighted by Gasteiger charge is -2.12. The van der Waals surface area contributed by atoms with Crippen molar-refractivity contribution in [2.75, 3.05) is 11.9 Å². The minimum Gasteiger partial charge on any atom is -0.462 e. The molecule has 0 aliphatic heterocycles. The SMILES string of the molecule is CCOC(=O)c1c(NC(=O)/C(C#N)=C/c2ccccc2Cl)sc2c1CCCC2. The van der Waals surface area contributed by atoms with Gasteiger partial charge in [0.25, 0.3) is 5.91 Å². The van der Waals surface area contributed by atoms with Crippen LogP contribution >= 0.6 is 22.9 Å². The zero-order valence-corrected chi connectivity index (χ0v) is 17.0. The number of benzene rings is 1. The van der Waals surface area contributed by atoms with Crippen LogP contribution in [0.4, 0.5) is 5.00 Å². The molecule has 1 heterocycles. The van der Waals surface area contributed by atoms with Crippen molar-refractivity contribution >= 4 is 45.9 Å². The maximum absolute atomic E-state index is 12.7. The number of amides is 1. The van der Waals surface area contributed by atoms with E-state index in [2.05, 4.69) is 5.32 Å². The van der Waals surface area contributed by atoms with E-state index in [1.165, 1.54) is 17.4 Å². The number of hydrogen-bond donors (Lipinski definition) is 1. The molecule has 0 bridgehead atoms. The predicted molar refractivity (Wildman–Crippen MR) is 111 cm³/mol. The molecule has 1 aliphatic carbocycles. The Morgan fingerprint density at radius 3 is 2.79 bits per heavy atom. The van der Waals surface area contributed by atoms with E-state index in [4.69, 9.17) is 16.3 Å². The van der Waals surface area contributed by atoms with Crippen molar-refractivity contribution in [3.8, 4) is 6.07 Å². The Bertz CT molecular complexity index is 988. The van der Waals surface area contributed by atoms with Crippen molar-refractivity contribution in [2.24, 2.45) is 0 Å². The largest absolute Gasteiger partial charge is 0.462 e. The molecule has 0 unspecified atom stereocenters. The number of aryl methyl sites for hydroxylation is 1. The highest BCUT2D eigenvalue weighted by atomic mass is 35.5. The minimum absolute atomic E-state index is 0.0886. The Kier molecular flexibility index (Phi) is 6.50. The summed E-state index contributed by atoms with van der Waals surface area (Å²) in [6.07, 6.45) is 5.16. The predicted octanol–water partition coefficient (Wildman–Crippen LogP) is 5.00. The van der Waals surface area contributed by atoms with E-state index in [0.29, 0.717) is 21.2 Å². The number of ether oxygens (including phenoxy) is 1. The second kappa shape index (κ2) is 9.05. The third-order valence-electron chi connectivity index (χ3n) is 4.45. The molecule has 1 aliphatic rings. The number of nitriles is 1. The van der Waals surface area contributed by atoms with Gasteiger partial charge in [0.1, 0.15) is 16.6 Å². The van der Waals surface area contributed by atoms with Crippen LogP contribution in [0.1, 0.15) is 46.1 Å². The molecule has 2 aromatic rings. The molecule has 0 radical (unpaired) electrons. The van der Waals surface area contributed by atoms with Gasteiger partial charge in [-0.1, -0.05) is 29.8 Å². The lowest BCUT2D eigenvalue weighted by Crippen LogP contribution is -2.16. The van der Waals surface area contributed by atoms with E-state index in [9.17, 15) is 14.9 Å². The van der Waals surface area contributed by atoms with Gasteiger partial charge < -0.3 is 10.1 Å². The fourth-order valence-electron chi connectivity index (χ4n) is 3.14. The van der Waals surface area contributed by atoms with Crippen molar-refractivity contribution in [2.45, 2.75) is 32.6 Å². The first kappa shape index (κ1) is 20.1. The molecular formula is C21H19ClN2O3S. The fraction of sp³-hybridized carbons (Fsp3) is 0.286. The Hall–Kier alpha value is -2.62. The highest BCUT2D eigenvalue weighted by molar-refractivity contribution is 7.17. The van der Waals surface area contributed by atoms with Crippen LogP contribution in [-0.4, -0.2) is 18.5 Å². The molecular weight excluding hydrogens is 396 g/mol. The van der Waals surface area contributed by atoms with Gasteiger partial charge in [-0.2, -0.15) is 5.26 Å². The van der Waals surface area contributed by atoms with Crippen molar-refractivity contribution in [3.05, 3.63) is 56.4 Å². The number of fused-ring (bicyclic) bond motifs is 1. The van der Waals surface area contributed by atoms with Crippen LogP contribution in [0, 0.1) is 11.3 Å². The van der Waals surface area contributed by atoms with Gasteiger partial charge in [0.05, 0.1) is 12.2 Å². The van der Waals surface area contributed by atoms with Crippen molar-refractivity contribution in [3.63, 3.8) is 0 Å². The Labute approximate surface area is 172 Å². The summed E-state index contributed by atoms with van der Waals surface area (Å²) in [5, 5.41) is 13.1. The maximum Gasteiger partial charge on any atom is 0.341 e. The van der Waals surface area contributed by atoms with E-state index in [0.717, 1.165) is 36.1 Å². The lowest BCUT2D eigenvalue weighted by atomic mass is 9.95. The van der Waals surface area contributed by atoms with E-state index >= 15 is 0 Å². The third-order valence-corrected chi connectivity index (χ3v) is 6.00. The van der Waals surface area contributed by atoms with Crippen LogP contribution < -0.4 is 5.32 Å². The Morgan fingerprint density at radius 1 is 1.32 bits per heavy atom. The van der Waals surface area contributed by atoms with Gasteiger partial charge in [0, 0.05) is 9.90 Å². The van der Waals surface area contributed by atoms with Crippen LogP contribution in [0.5, 0.6) is 0 Å². The van der Waals surface area contributed by atoms with Crippen LogP contribution in [0.15, 0.2) is 29.8 Å². The zero-order valence-electron chi connectivity index (χ0n) is 15.4. The number of rotatable bonds is 5. The molecule has 1 aromatic heterocycles. The number of halogens is 1. The molecule has 0 saturated carbocycles. The molecule has 0 saturated heterocycles. The molecule has 0 fully saturated rings. The van der Waals surface area contributed by atoms with Gasteiger partial charge >= 0.3 is 5.97 Å². The summed E-state index contributed by atoms with van der Waals surface area (Å²) in [6, 6.07) is 8.87. The summed E-state index contributed by atoms with van der Waals surface area (Å²) >= 11 is 7.50. The van der Waals surface area contributed by atoms with E-state index in [1.807, 2.05) is 6.07 Å². The summed E-state index contributed by atoms with van der Waals surface area (Å²) in [5.41, 5.74) is 1.87. The monoisotopic (exact) mass is 414 g/mol. The molecule has 1 aromatic carbocycles. The van der Waals surface area contributed by atoms with E-state index in [1.54, 1.807) is 31.2 Å². The normalized spacial score (nSPS) is 13.4. The van der Waals surface area contributed by atoms with E-state index in [-0.39, 0.29) is 12.2 Å². The number of hydrogen-bond acceptors (Lipinski definition) is 5. The molecule has 144 valence electrons. The second-order valence-corrected chi connectivity index (χ2v) is 7.79. The van der Waals surface area contributed by atoms with Gasteiger partial charge in [-0.25, -0.2) is 4.79 Å². The second-order valence-electron chi connectivity index (χ2n) is 6.28. The number of nitrogens with zero attached hydrogens (tertiary/aromatic N) is 1. The Balaban J connectivity index is 1.93. The molecule has 1 N–H and O–H groups in total. The first-order chi connectivity index (χ1) is 13.5. The van der Waals surface area contributed by atoms with Crippen molar-refractivity contribution in [1.29, 1.82) is 5.26 Å². The average Bonchev–Trinajstić information content (AvgIpc) is 3.05. The summed E-state index contributed by atoms with van der Waals surface area (Å²) in [4.78, 5) is 26.3. The third kappa shape index (κ3) is 4.27. The molecule has 1 amide bonds. The molecule has 3 rings (SSSR count). The van der Waals surface area contributed by atoms with Gasteiger partial charge in [0.15, 0.2) is 0 Å². The molecule has 7 heteroatoms. The maximum atomic E-state index is 12.7. The highest BCUT2D eigenvalue weighted by Crippen LogP contribution is 2.38. The first-order valence-corrected chi connectivity index (χ1v) is 10.2. The van der Waals surface area contributed by atoms with Crippen LogP contribution in [0.3, 0.4) is 0 Å². The number of thiophene rings is 1. The summed E-state index contributed by atoms with van der Waals surface area (Å²) in [7, 11) is 0. The van der Waals surface area contributed by atoms with Gasteiger partial charge in [0.2, 0.25) is 0 Å². The number of carbonyl (C=O) groups excluding carboxylic acids is 2. The quantitative estimate of drug-likeness (QED) is 0.424. The minimum atomic E-state index is -0.577. The van der Waals surface area contributed by atoms with Gasteiger partial charge in [-0.15, -0.1) is 11.3 Å². The smallest absolute Gasteiger partial charge is 0.341 e. The molecule has 28 heavy (non-hydrogen) atoms. The Morgan fingerprint density at radius 2 is 2.07 bits per heavy atom. The average molecular weight is 415 g/mol. The number of nitrogens with one attached hydrogen (secondary N) is 1. The number of esters is 1. The summed E-state index contributed by atoms with van der Waals surface area (Å²) in [5.74, 6) is -1.02. The first-order valence-electron chi connectivity index (χ1n) is 9.04. The van der Waals surface area contributed by atoms with Gasteiger partial charge in [-0.3, -0.25) is 4.79 Å². The van der Waals surface area contributed by atoms with Crippen molar-refractivity contribution < 1.29 is 14.3 Å². The van der Waals surface area contributed by atoms with Crippen LogP contribution in [0.25, 0.3) is 6.08 Å². The standard InChI is InChI=1S/C21H19ClN2O3S/c1-2-27-21(26)18-15-8-4-6-10-17(15)28-20(18)24-19(25)14(12-23)11-13-7-3-5-9-16(13)22/h3,5,7,9,11H,2,4,6,8,10H2,1H3,(H,24,25)/b14-11+. The summed E-state index contributed by atoms with van der Waals surface area (Å²) < 4.78 is 5.19.